The van der Waals surface area contributed by atoms with Crippen LogP contribution in [0.4, 0.5) is 5.82 Å². The van der Waals surface area contributed by atoms with E-state index in [4.69, 9.17) is 4.74 Å². The van der Waals surface area contributed by atoms with Gasteiger partial charge in [0.25, 0.3) is 0 Å². The van der Waals surface area contributed by atoms with Gasteiger partial charge in [0, 0.05) is 31.4 Å². The second kappa shape index (κ2) is 5.91. The molecule has 18 heavy (non-hydrogen) atoms. The van der Waals surface area contributed by atoms with Crippen LogP contribution in [0.5, 0.6) is 5.75 Å². The lowest BCUT2D eigenvalue weighted by Gasteiger charge is -2.03. The molecule has 0 amide bonds. The Kier molecular flexibility index (Phi) is 4.02. The van der Waals surface area contributed by atoms with Crippen LogP contribution >= 0.6 is 0 Å². The summed E-state index contributed by atoms with van der Waals surface area (Å²) < 4.78 is 7.05. The molecule has 2 aromatic rings. The first-order valence-electron chi connectivity index (χ1n) is 5.82. The zero-order valence-corrected chi connectivity index (χ0v) is 10.6. The SMILES string of the molecule is COc1ccccc1/C=C/CNc1ccn(C)n1. The fraction of sp³-hybridized carbons (Fsp3) is 0.214. The summed E-state index contributed by atoms with van der Waals surface area (Å²) >= 11 is 0. The Morgan fingerprint density at radius 2 is 2.17 bits per heavy atom. The first-order chi connectivity index (χ1) is 8.79. The normalized spacial score (nSPS) is 10.8. The van der Waals surface area contributed by atoms with Crippen LogP contribution in [0.25, 0.3) is 6.08 Å². The molecule has 0 fully saturated rings. The van der Waals surface area contributed by atoms with E-state index in [1.165, 1.54) is 0 Å². The molecule has 0 saturated heterocycles. The molecule has 4 heteroatoms. The summed E-state index contributed by atoms with van der Waals surface area (Å²) in [4.78, 5) is 0. The number of hydrogen-bond acceptors (Lipinski definition) is 3. The zero-order chi connectivity index (χ0) is 12.8. The third kappa shape index (κ3) is 3.13. The Labute approximate surface area is 107 Å². The molecule has 4 nitrogen and oxygen atoms in total. The first-order valence-corrected chi connectivity index (χ1v) is 5.82. The first kappa shape index (κ1) is 12.2. The van der Waals surface area contributed by atoms with Crippen molar-refractivity contribution in [3.8, 4) is 5.75 Å². The highest BCUT2D eigenvalue weighted by molar-refractivity contribution is 5.57. The van der Waals surface area contributed by atoms with Crippen LogP contribution in [0.3, 0.4) is 0 Å². The molecule has 1 N–H and O–H groups in total. The lowest BCUT2D eigenvalue weighted by atomic mass is 10.2. The molecule has 0 aliphatic rings. The molecule has 0 unspecified atom stereocenters. The topological polar surface area (TPSA) is 39.1 Å². The summed E-state index contributed by atoms with van der Waals surface area (Å²) in [7, 11) is 3.58. The second-order valence-electron chi connectivity index (χ2n) is 3.90. The number of anilines is 1. The van der Waals surface area contributed by atoms with Crippen molar-refractivity contribution in [3.63, 3.8) is 0 Å². The van der Waals surface area contributed by atoms with E-state index in [1.54, 1.807) is 11.8 Å². The van der Waals surface area contributed by atoms with Gasteiger partial charge in [-0.15, -0.1) is 0 Å². The molecular formula is C14H17N3O. The van der Waals surface area contributed by atoms with Crippen LogP contribution in [-0.2, 0) is 7.05 Å². The summed E-state index contributed by atoms with van der Waals surface area (Å²) in [6.45, 7) is 0.731. The number of aromatic nitrogens is 2. The smallest absolute Gasteiger partial charge is 0.148 e. The Balaban J connectivity index is 1.91. The van der Waals surface area contributed by atoms with Gasteiger partial charge in [-0.3, -0.25) is 4.68 Å². The van der Waals surface area contributed by atoms with Gasteiger partial charge in [-0.25, -0.2) is 0 Å². The molecule has 1 heterocycles. The fourth-order valence-electron chi connectivity index (χ4n) is 1.66. The molecule has 0 aliphatic heterocycles. The molecule has 94 valence electrons. The van der Waals surface area contributed by atoms with Crippen LogP contribution in [-0.4, -0.2) is 23.4 Å². The number of methoxy groups -OCH3 is 1. The Morgan fingerprint density at radius 3 is 2.89 bits per heavy atom. The minimum atomic E-state index is 0.731. The minimum Gasteiger partial charge on any atom is -0.496 e. The molecule has 0 aliphatic carbocycles. The highest BCUT2D eigenvalue weighted by atomic mass is 16.5. The Morgan fingerprint density at radius 1 is 1.33 bits per heavy atom. The van der Waals surface area contributed by atoms with Gasteiger partial charge < -0.3 is 10.1 Å². The fourth-order valence-corrected chi connectivity index (χ4v) is 1.66. The van der Waals surface area contributed by atoms with Crippen LogP contribution in [0, 0.1) is 0 Å². The van der Waals surface area contributed by atoms with Gasteiger partial charge in [0.05, 0.1) is 7.11 Å². The number of hydrogen-bond donors (Lipinski definition) is 1. The molecule has 0 spiro atoms. The lowest BCUT2D eigenvalue weighted by molar-refractivity contribution is 0.414. The summed E-state index contributed by atoms with van der Waals surface area (Å²) in [5, 5.41) is 7.45. The van der Waals surface area contributed by atoms with Crippen molar-refractivity contribution in [2.45, 2.75) is 0 Å². The molecule has 0 saturated carbocycles. The number of para-hydroxylation sites is 1. The zero-order valence-electron chi connectivity index (χ0n) is 10.6. The molecule has 1 aromatic heterocycles. The van der Waals surface area contributed by atoms with E-state index >= 15 is 0 Å². The molecule has 0 atom stereocenters. The van der Waals surface area contributed by atoms with Gasteiger partial charge >= 0.3 is 0 Å². The van der Waals surface area contributed by atoms with E-state index in [-0.39, 0.29) is 0 Å². The number of nitrogens with zero attached hydrogens (tertiary/aromatic N) is 2. The maximum atomic E-state index is 5.28. The van der Waals surface area contributed by atoms with Crippen molar-refractivity contribution in [1.82, 2.24) is 9.78 Å². The highest BCUT2D eigenvalue weighted by Crippen LogP contribution is 2.18. The summed E-state index contributed by atoms with van der Waals surface area (Å²) in [6.07, 6.45) is 5.99. The van der Waals surface area contributed by atoms with Crippen LogP contribution in [0.2, 0.25) is 0 Å². The van der Waals surface area contributed by atoms with E-state index in [9.17, 15) is 0 Å². The van der Waals surface area contributed by atoms with Gasteiger partial charge in [0.1, 0.15) is 11.6 Å². The predicted octanol–water partition coefficient (Wildman–Crippen LogP) is 2.55. The van der Waals surface area contributed by atoms with Crippen LogP contribution < -0.4 is 10.1 Å². The largest absolute Gasteiger partial charge is 0.496 e. The van der Waals surface area contributed by atoms with Crippen LogP contribution in [0.15, 0.2) is 42.6 Å². The van der Waals surface area contributed by atoms with E-state index in [0.29, 0.717) is 0 Å². The summed E-state index contributed by atoms with van der Waals surface area (Å²) in [5.74, 6) is 1.76. The predicted molar refractivity (Wildman–Crippen MR) is 73.7 cm³/mol. The number of benzene rings is 1. The van der Waals surface area contributed by atoms with E-state index < -0.39 is 0 Å². The second-order valence-corrected chi connectivity index (χ2v) is 3.90. The minimum absolute atomic E-state index is 0.731. The molecule has 1 aromatic carbocycles. The third-order valence-corrected chi connectivity index (χ3v) is 2.55. The molecule has 0 bridgehead atoms. The van der Waals surface area contributed by atoms with Crippen molar-refractivity contribution in [2.75, 3.05) is 19.0 Å². The van der Waals surface area contributed by atoms with E-state index in [0.717, 1.165) is 23.7 Å². The average molecular weight is 243 g/mol. The van der Waals surface area contributed by atoms with E-state index in [1.807, 2.05) is 55.7 Å². The standard InChI is InChI=1S/C14H17N3O/c1-17-11-9-14(16-17)15-10-5-7-12-6-3-4-8-13(12)18-2/h3-9,11H,10H2,1-2H3,(H,15,16)/b7-5+. The number of aryl methyl sites for hydroxylation is 1. The molecular weight excluding hydrogens is 226 g/mol. The van der Waals surface area contributed by atoms with Gasteiger partial charge in [0.15, 0.2) is 0 Å². The van der Waals surface area contributed by atoms with Gasteiger partial charge in [-0.05, 0) is 6.07 Å². The maximum Gasteiger partial charge on any atom is 0.148 e. The average Bonchev–Trinajstić information content (AvgIpc) is 2.81. The highest BCUT2D eigenvalue weighted by Gasteiger charge is 1.96. The third-order valence-electron chi connectivity index (χ3n) is 2.55. The molecule has 0 radical (unpaired) electrons. The molecule has 2 rings (SSSR count). The van der Waals surface area contributed by atoms with Crippen molar-refractivity contribution in [3.05, 3.63) is 48.2 Å². The lowest BCUT2D eigenvalue weighted by Crippen LogP contribution is -1.99. The van der Waals surface area contributed by atoms with Gasteiger partial charge in [-0.2, -0.15) is 5.10 Å². The summed E-state index contributed by atoms with van der Waals surface area (Å²) in [6, 6.07) is 9.87. The summed E-state index contributed by atoms with van der Waals surface area (Å²) in [5.41, 5.74) is 1.07. The van der Waals surface area contributed by atoms with Crippen molar-refractivity contribution < 1.29 is 4.74 Å². The number of ether oxygens (including phenoxy) is 1. The van der Waals surface area contributed by atoms with Gasteiger partial charge in [-0.1, -0.05) is 30.4 Å². The maximum absolute atomic E-state index is 5.28. The van der Waals surface area contributed by atoms with E-state index in [2.05, 4.69) is 10.4 Å². The van der Waals surface area contributed by atoms with Crippen LogP contribution in [0.1, 0.15) is 5.56 Å². The Hall–Kier alpha value is -2.23. The quantitative estimate of drug-likeness (QED) is 0.877. The Bertz CT molecular complexity index is 531. The number of nitrogens with one attached hydrogen (secondary N) is 1. The monoisotopic (exact) mass is 243 g/mol. The van der Waals surface area contributed by atoms with Crippen molar-refractivity contribution >= 4 is 11.9 Å². The van der Waals surface area contributed by atoms with Crippen molar-refractivity contribution in [2.24, 2.45) is 7.05 Å². The van der Waals surface area contributed by atoms with Gasteiger partial charge in [0.2, 0.25) is 0 Å². The van der Waals surface area contributed by atoms with Crippen molar-refractivity contribution in [1.29, 1.82) is 0 Å². The number of rotatable bonds is 5.